The number of aliphatic hydroxyl groups excluding tert-OH is 3. The lowest BCUT2D eigenvalue weighted by Gasteiger charge is -2.44. The van der Waals surface area contributed by atoms with E-state index in [1.807, 2.05) is 0 Å². The molecule has 0 radical (unpaired) electrons. The summed E-state index contributed by atoms with van der Waals surface area (Å²) in [5.41, 5.74) is 1.93. The molecule has 3 fully saturated rings. The summed E-state index contributed by atoms with van der Waals surface area (Å²) in [6, 6.07) is 0. The van der Waals surface area contributed by atoms with E-state index in [2.05, 4.69) is 32.6 Å². The van der Waals surface area contributed by atoms with Gasteiger partial charge in [-0.25, -0.2) is 0 Å². The lowest BCUT2D eigenvalue weighted by atomic mass is 9.60. The average molecular weight is 447 g/mol. The summed E-state index contributed by atoms with van der Waals surface area (Å²) in [6.45, 7) is 9.68. The van der Waals surface area contributed by atoms with Crippen LogP contribution >= 0.6 is 0 Å². The van der Waals surface area contributed by atoms with Crippen LogP contribution in [-0.4, -0.2) is 50.6 Å². The standard InChI is InChI=1S/C27H42O5/c1-17(12-22(30)15-26(3,32)16-28)23-9-10-24-19(6-5-11-27(23,24)4)7-8-20-13-21(29)14-25(31)18(20)2/h7-8,17,21,23-25,28-29,31-32H,2,5-6,9-16H2,1,3-4H3/b19-7+,20-8-/t17-,21+,23-,24+,25-,26?,27-/m1/s1. The highest BCUT2D eigenvalue weighted by molar-refractivity contribution is 5.79. The average Bonchev–Trinajstić information content (AvgIpc) is 3.06. The lowest BCUT2D eigenvalue weighted by Crippen LogP contribution is -2.37. The summed E-state index contributed by atoms with van der Waals surface area (Å²) in [6.07, 6.45) is 10.0. The molecule has 0 aliphatic heterocycles. The fraction of sp³-hybridized carbons (Fsp3) is 0.741. The molecule has 1 unspecified atom stereocenters. The first-order valence-corrected chi connectivity index (χ1v) is 12.3. The molecule has 0 aromatic heterocycles. The van der Waals surface area contributed by atoms with E-state index in [0.29, 0.717) is 31.1 Å². The zero-order valence-corrected chi connectivity index (χ0v) is 20.0. The van der Waals surface area contributed by atoms with Gasteiger partial charge >= 0.3 is 0 Å². The molecule has 5 nitrogen and oxygen atoms in total. The fourth-order valence-electron chi connectivity index (χ4n) is 6.73. The third kappa shape index (κ3) is 5.44. The predicted molar refractivity (Wildman–Crippen MR) is 126 cm³/mol. The summed E-state index contributed by atoms with van der Waals surface area (Å²) in [5, 5.41) is 39.5. The van der Waals surface area contributed by atoms with E-state index in [9.17, 15) is 25.2 Å². The second-order valence-electron chi connectivity index (χ2n) is 11.2. The first kappa shape index (κ1) is 25.4. The van der Waals surface area contributed by atoms with Crippen molar-refractivity contribution in [3.8, 4) is 0 Å². The number of allylic oxidation sites excluding steroid dienone is 3. The normalized spacial score (nSPS) is 38.5. The molecule has 5 heteroatoms. The van der Waals surface area contributed by atoms with E-state index < -0.39 is 24.4 Å². The first-order chi connectivity index (χ1) is 15.0. The molecule has 3 aliphatic carbocycles. The van der Waals surface area contributed by atoms with Gasteiger partial charge in [-0.2, -0.15) is 0 Å². The molecule has 0 saturated heterocycles. The van der Waals surface area contributed by atoms with Gasteiger partial charge < -0.3 is 20.4 Å². The molecule has 3 saturated carbocycles. The van der Waals surface area contributed by atoms with Gasteiger partial charge in [0.05, 0.1) is 24.4 Å². The number of fused-ring (bicyclic) bond motifs is 1. The number of ketones is 1. The van der Waals surface area contributed by atoms with Gasteiger partial charge in [0.15, 0.2) is 0 Å². The van der Waals surface area contributed by atoms with Crippen LogP contribution in [0.3, 0.4) is 0 Å². The zero-order valence-electron chi connectivity index (χ0n) is 20.0. The van der Waals surface area contributed by atoms with Crippen molar-refractivity contribution in [1.82, 2.24) is 0 Å². The van der Waals surface area contributed by atoms with Gasteiger partial charge in [-0.05, 0) is 79.8 Å². The molecule has 0 bridgehead atoms. The van der Waals surface area contributed by atoms with Crippen LogP contribution in [0.15, 0.2) is 35.5 Å². The summed E-state index contributed by atoms with van der Waals surface area (Å²) < 4.78 is 0. The highest BCUT2D eigenvalue weighted by Gasteiger charge is 2.50. The van der Waals surface area contributed by atoms with Gasteiger partial charge in [-0.3, -0.25) is 4.79 Å². The Balaban J connectivity index is 1.72. The molecule has 0 aromatic rings. The van der Waals surface area contributed by atoms with Crippen molar-refractivity contribution in [1.29, 1.82) is 0 Å². The maximum absolute atomic E-state index is 12.5. The number of rotatable bonds is 7. The minimum Gasteiger partial charge on any atom is -0.393 e. The summed E-state index contributed by atoms with van der Waals surface area (Å²) in [5.74, 6) is 1.21. The Morgan fingerprint density at radius 3 is 2.72 bits per heavy atom. The van der Waals surface area contributed by atoms with E-state index in [4.69, 9.17) is 0 Å². The zero-order chi connectivity index (χ0) is 23.7. The predicted octanol–water partition coefficient (Wildman–Crippen LogP) is 3.86. The Bertz CT molecular complexity index is 779. The van der Waals surface area contributed by atoms with Crippen LogP contribution in [-0.2, 0) is 4.79 Å². The maximum atomic E-state index is 12.5. The van der Waals surface area contributed by atoms with Crippen molar-refractivity contribution < 1.29 is 25.2 Å². The quantitative estimate of drug-likeness (QED) is 0.476. The minimum absolute atomic E-state index is 0.00101. The van der Waals surface area contributed by atoms with Crippen LogP contribution < -0.4 is 0 Å². The SMILES string of the molecule is C=C1/C(=C\C=C2/CCC[C@]3(C)[C@@H]([C@H](C)CC(=O)CC(C)(O)CO)CC[C@@H]23)C[C@H](O)C[C@H]1O. The Labute approximate surface area is 192 Å². The van der Waals surface area contributed by atoms with E-state index in [0.717, 1.165) is 43.3 Å². The molecule has 180 valence electrons. The lowest BCUT2D eigenvalue weighted by molar-refractivity contribution is -0.126. The first-order valence-electron chi connectivity index (χ1n) is 12.3. The molecule has 0 amide bonds. The van der Waals surface area contributed by atoms with Gasteiger partial charge in [-0.15, -0.1) is 0 Å². The smallest absolute Gasteiger partial charge is 0.136 e. The largest absolute Gasteiger partial charge is 0.393 e. The number of Topliss-reactive ketones (excluding diaryl/α,β-unsaturated/α-hetero) is 1. The van der Waals surface area contributed by atoms with E-state index in [1.165, 1.54) is 12.5 Å². The molecule has 4 N–H and O–H groups in total. The number of carbonyl (C=O) groups is 1. The van der Waals surface area contributed by atoms with Crippen molar-refractivity contribution >= 4 is 5.78 Å². The van der Waals surface area contributed by atoms with Gasteiger partial charge in [-0.1, -0.05) is 38.2 Å². The van der Waals surface area contributed by atoms with Gasteiger partial charge in [0.1, 0.15) is 5.78 Å². The van der Waals surface area contributed by atoms with Crippen molar-refractivity contribution in [2.24, 2.45) is 23.2 Å². The van der Waals surface area contributed by atoms with Crippen molar-refractivity contribution in [2.75, 3.05) is 6.61 Å². The van der Waals surface area contributed by atoms with Crippen LogP contribution in [0.4, 0.5) is 0 Å². The number of hydrogen-bond acceptors (Lipinski definition) is 5. The van der Waals surface area contributed by atoms with Crippen LogP contribution in [0, 0.1) is 23.2 Å². The van der Waals surface area contributed by atoms with Crippen molar-refractivity contribution in [3.05, 3.63) is 35.5 Å². The van der Waals surface area contributed by atoms with Crippen molar-refractivity contribution in [3.63, 3.8) is 0 Å². The highest BCUT2D eigenvalue weighted by atomic mass is 16.3. The Hall–Kier alpha value is -1.27. The monoisotopic (exact) mass is 446 g/mol. The summed E-state index contributed by atoms with van der Waals surface area (Å²) >= 11 is 0. The van der Waals surface area contributed by atoms with Crippen LogP contribution in [0.1, 0.15) is 78.6 Å². The Kier molecular flexibility index (Phi) is 7.86. The fourth-order valence-corrected chi connectivity index (χ4v) is 6.73. The number of carbonyl (C=O) groups excluding carboxylic acids is 1. The summed E-state index contributed by atoms with van der Waals surface area (Å²) in [4.78, 5) is 12.5. The Morgan fingerprint density at radius 2 is 2.03 bits per heavy atom. The van der Waals surface area contributed by atoms with Crippen LogP contribution in [0.5, 0.6) is 0 Å². The second kappa shape index (κ2) is 9.92. The maximum Gasteiger partial charge on any atom is 0.136 e. The third-order valence-electron chi connectivity index (χ3n) is 8.46. The van der Waals surface area contributed by atoms with Gasteiger partial charge in [0.2, 0.25) is 0 Å². The van der Waals surface area contributed by atoms with Gasteiger partial charge in [0, 0.05) is 19.3 Å². The number of hydrogen-bond donors (Lipinski definition) is 4. The van der Waals surface area contributed by atoms with E-state index in [-0.39, 0.29) is 23.5 Å². The Morgan fingerprint density at radius 1 is 1.31 bits per heavy atom. The van der Waals surface area contributed by atoms with Crippen LogP contribution in [0.2, 0.25) is 0 Å². The van der Waals surface area contributed by atoms with Gasteiger partial charge in [0.25, 0.3) is 0 Å². The molecule has 3 aliphatic rings. The second-order valence-corrected chi connectivity index (χ2v) is 11.2. The van der Waals surface area contributed by atoms with E-state index in [1.54, 1.807) is 0 Å². The van der Waals surface area contributed by atoms with E-state index >= 15 is 0 Å². The molecule has 0 spiro atoms. The van der Waals surface area contributed by atoms with Crippen LogP contribution in [0.25, 0.3) is 0 Å². The number of aliphatic hydroxyl groups is 4. The topological polar surface area (TPSA) is 98.0 Å². The van der Waals surface area contributed by atoms with Crippen molar-refractivity contribution in [2.45, 2.75) is 96.4 Å². The third-order valence-corrected chi connectivity index (χ3v) is 8.46. The molecule has 3 rings (SSSR count). The molecule has 0 aromatic carbocycles. The summed E-state index contributed by atoms with van der Waals surface area (Å²) in [7, 11) is 0. The molecule has 7 atom stereocenters. The molecule has 0 heterocycles. The molecule has 32 heavy (non-hydrogen) atoms. The molecular formula is C27H42O5. The minimum atomic E-state index is -1.34. The molecular weight excluding hydrogens is 404 g/mol. The highest BCUT2D eigenvalue weighted by Crippen LogP contribution is 2.59.